The molecule has 1 atom stereocenters. The second-order valence-corrected chi connectivity index (χ2v) is 4.01. The Morgan fingerprint density at radius 1 is 1.53 bits per heavy atom. The molecule has 0 amide bonds. The van der Waals surface area contributed by atoms with E-state index in [1.54, 1.807) is 0 Å². The van der Waals surface area contributed by atoms with Gasteiger partial charge in [-0.25, -0.2) is 0 Å². The molecule has 0 bridgehead atoms. The number of ether oxygens (including phenoxy) is 1. The molecule has 0 aromatic heterocycles. The molecule has 2 rings (SSSR count). The van der Waals surface area contributed by atoms with Crippen molar-refractivity contribution >= 4 is 5.78 Å². The number of benzene rings is 1. The zero-order valence-corrected chi connectivity index (χ0v) is 9.43. The number of hydrogen-bond acceptors (Lipinski definition) is 5. The minimum absolute atomic E-state index is 0.142. The zero-order chi connectivity index (χ0) is 12.6. The summed E-state index contributed by atoms with van der Waals surface area (Å²) >= 11 is 0. The maximum atomic E-state index is 11.8. The Morgan fingerprint density at radius 2 is 2.24 bits per heavy atom. The van der Waals surface area contributed by atoms with Gasteiger partial charge in [0.05, 0.1) is 30.9 Å². The van der Waals surface area contributed by atoms with E-state index in [0.29, 0.717) is 12.0 Å². The van der Waals surface area contributed by atoms with Gasteiger partial charge in [0.2, 0.25) is 0 Å². The SMILES string of the molecule is COc1c(CO)c(O)cc2c1C(=O)CC[C@@H]2O. The number of fused-ring (bicyclic) bond motifs is 1. The number of methoxy groups -OCH3 is 1. The fraction of sp³-hybridized carbons (Fsp3) is 0.417. The first-order valence-electron chi connectivity index (χ1n) is 5.35. The van der Waals surface area contributed by atoms with E-state index in [2.05, 4.69) is 0 Å². The molecule has 0 heterocycles. The molecule has 3 N–H and O–H groups in total. The van der Waals surface area contributed by atoms with Crippen LogP contribution in [0.3, 0.4) is 0 Å². The van der Waals surface area contributed by atoms with E-state index < -0.39 is 12.7 Å². The standard InChI is InChI=1S/C12H14O5/c1-17-12-7(5-13)10(16)4-6-8(14)2-3-9(15)11(6)12/h4,8,13-14,16H,2-3,5H2,1H3/t8-/m0/s1. The molecule has 1 aliphatic carbocycles. The van der Waals surface area contributed by atoms with E-state index in [1.165, 1.54) is 13.2 Å². The van der Waals surface area contributed by atoms with Crippen LogP contribution in [-0.4, -0.2) is 28.2 Å². The van der Waals surface area contributed by atoms with Crippen molar-refractivity contribution in [2.45, 2.75) is 25.6 Å². The van der Waals surface area contributed by atoms with Gasteiger partial charge in [-0.05, 0) is 18.1 Å². The Hall–Kier alpha value is -1.59. The molecule has 92 valence electrons. The normalized spacial score (nSPS) is 19.0. The summed E-state index contributed by atoms with van der Waals surface area (Å²) < 4.78 is 5.08. The topological polar surface area (TPSA) is 87.0 Å². The first-order valence-corrected chi connectivity index (χ1v) is 5.35. The lowest BCUT2D eigenvalue weighted by molar-refractivity contribution is 0.0891. The third-order valence-electron chi connectivity index (χ3n) is 3.04. The summed E-state index contributed by atoms with van der Waals surface area (Å²) in [7, 11) is 1.36. The minimum Gasteiger partial charge on any atom is -0.507 e. The van der Waals surface area contributed by atoms with Crippen LogP contribution in [0.15, 0.2) is 6.07 Å². The quantitative estimate of drug-likeness (QED) is 0.712. The smallest absolute Gasteiger partial charge is 0.167 e. The van der Waals surface area contributed by atoms with Gasteiger partial charge in [-0.2, -0.15) is 0 Å². The lowest BCUT2D eigenvalue weighted by Gasteiger charge is -2.24. The molecule has 5 heteroatoms. The average molecular weight is 238 g/mol. The van der Waals surface area contributed by atoms with Crippen LogP contribution < -0.4 is 4.74 Å². The number of Topliss-reactive ketones (excluding diaryl/α,β-unsaturated/α-hetero) is 1. The van der Waals surface area contributed by atoms with Gasteiger partial charge < -0.3 is 20.1 Å². The van der Waals surface area contributed by atoms with E-state index >= 15 is 0 Å². The van der Waals surface area contributed by atoms with Gasteiger partial charge in [0.25, 0.3) is 0 Å². The number of rotatable bonds is 2. The van der Waals surface area contributed by atoms with E-state index in [-0.39, 0.29) is 34.8 Å². The lowest BCUT2D eigenvalue weighted by Crippen LogP contribution is -2.17. The van der Waals surface area contributed by atoms with Gasteiger partial charge in [-0.15, -0.1) is 0 Å². The number of aliphatic hydroxyl groups is 2. The number of ketones is 1. The molecule has 5 nitrogen and oxygen atoms in total. The summed E-state index contributed by atoms with van der Waals surface area (Å²) in [6.45, 7) is -0.425. The first kappa shape index (κ1) is 11.9. The van der Waals surface area contributed by atoms with Crippen molar-refractivity contribution in [1.29, 1.82) is 0 Å². The van der Waals surface area contributed by atoms with Crippen LogP contribution in [-0.2, 0) is 6.61 Å². The van der Waals surface area contributed by atoms with E-state index in [9.17, 15) is 20.1 Å². The molecule has 0 unspecified atom stereocenters. The molecule has 1 aliphatic rings. The Balaban J connectivity index is 2.73. The summed E-state index contributed by atoms with van der Waals surface area (Å²) in [6, 6.07) is 1.32. The summed E-state index contributed by atoms with van der Waals surface area (Å²) in [6.07, 6.45) is -0.206. The molecule has 17 heavy (non-hydrogen) atoms. The third-order valence-corrected chi connectivity index (χ3v) is 3.04. The molecule has 1 aromatic rings. The maximum Gasteiger partial charge on any atom is 0.167 e. The largest absolute Gasteiger partial charge is 0.507 e. The number of carbonyl (C=O) groups excluding carboxylic acids is 1. The molecule has 0 saturated heterocycles. The fourth-order valence-corrected chi connectivity index (χ4v) is 2.18. The molecular formula is C12H14O5. The zero-order valence-electron chi connectivity index (χ0n) is 9.43. The van der Waals surface area contributed by atoms with E-state index in [4.69, 9.17) is 4.74 Å². The number of carbonyl (C=O) groups is 1. The highest BCUT2D eigenvalue weighted by molar-refractivity contribution is 6.02. The van der Waals surface area contributed by atoms with Crippen molar-refractivity contribution in [2.24, 2.45) is 0 Å². The van der Waals surface area contributed by atoms with Crippen LogP contribution in [0.2, 0.25) is 0 Å². The Bertz CT molecular complexity index is 466. The molecule has 0 spiro atoms. The van der Waals surface area contributed by atoms with Crippen LogP contribution in [0.4, 0.5) is 0 Å². The number of phenols is 1. The monoisotopic (exact) mass is 238 g/mol. The average Bonchev–Trinajstić information content (AvgIpc) is 2.32. The molecule has 1 aromatic carbocycles. The van der Waals surface area contributed by atoms with Crippen molar-refractivity contribution < 1.29 is 24.9 Å². The minimum atomic E-state index is -0.782. The number of aliphatic hydroxyl groups excluding tert-OH is 2. The maximum absolute atomic E-state index is 11.8. The van der Waals surface area contributed by atoms with Gasteiger partial charge in [-0.1, -0.05) is 0 Å². The summed E-state index contributed by atoms with van der Waals surface area (Å²) in [5.41, 5.74) is 0.814. The van der Waals surface area contributed by atoms with Crippen molar-refractivity contribution in [3.8, 4) is 11.5 Å². The predicted octanol–water partition coefficient (Wildman–Crippen LogP) is 0.903. The number of aromatic hydroxyl groups is 1. The van der Waals surface area contributed by atoms with Crippen molar-refractivity contribution in [3.63, 3.8) is 0 Å². The van der Waals surface area contributed by atoms with Crippen LogP contribution >= 0.6 is 0 Å². The van der Waals surface area contributed by atoms with Crippen LogP contribution in [0.5, 0.6) is 11.5 Å². The van der Waals surface area contributed by atoms with Crippen molar-refractivity contribution in [1.82, 2.24) is 0 Å². The van der Waals surface area contributed by atoms with Gasteiger partial charge >= 0.3 is 0 Å². The highest BCUT2D eigenvalue weighted by Gasteiger charge is 2.30. The van der Waals surface area contributed by atoms with Crippen LogP contribution in [0.25, 0.3) is 0 Å². The predicted molar refractivity (Wildman–Crippen MR) is 59.1 cm³/mol. The summed E-state index contributed by atoms with van der Waals surface area (Å²) in [5.74, 6) is -0.153. The Morgan fingerprint density at radius 3 is 2.82 bits per heavy atom. The molecule has 0 saturated carbocycles. The molecule has 0 radical (unpaired) electrons. The highest BCUT2D eigenvalue weighted by atomic mass is 16.5. The van der Waals surface area contributed by atoms with Gasteiger partial charge in [0.1, 0.15) is 11.5 Å². The third kappa shape index (κ3) is 1.77. The lowest BCUT2D eigenvalue weighted by atomic mass is 9.86. The van der Waals surface area contributed by atoms with Crippen molar-refractivity contribution in [2.75, 3.05) is 7.11 Å². The molecule has 0 aliphatic heterocycles. The van der Waals surface area contributed by atoms with Gasteiger partial charge in [0, 0.05) is 6.42 Å². The Labute approximate surface area is 98.3 Å². The van der Waals surface area contributed by atoms with Gasteiger partial charge in [-0.3, -0.25) is 4.79 Å². The highest BCUT2D eigenvalue weighted by Crippen LogP contribution is 2.41. The first-order chi connectivity index (χ1) is 8.10. The summed E-state index contributed by atoms with van der Waals surface area (Å²) in [4.78, 5) is 11.8. The van der Waals surface area contributed by atoms with E-state index in [0.717, 1.165) is 0 Å². The fourth-order valence-electron chi connectivity index (χ4n) is 2.18. The second-order valence-electron chi connectivity index (χ2n) is 4.01. The number of hydrogen-bond donors (Lipinski definition) is 3. The Kier molecular flexibility index (Phi) is 3.04. The second kappa shape index (κ2) is 4.35. The summed E-state index contributed by atoms with van der Waals surface area (Å²) in [5, 5.41) is 28.7. The van der Waals surface area contributed by atoms with Crippen LogP contribution in [0, 0.1) is 0 Å². The van der Waals surface area contributed by atoms with Gasteiger partial charge in [0.15, 0.2) is 5.78 Å². The molecular weight excluding hydrogens is 224 g/mol. The van der Waals surface area contributed by atoms with Crippen LogP contribution in [0.1, 0.15) is 40.4 Å². The van der Waals surface area contributed by atoms with Crippen molar-refractivity contribution in [3.05, 3.63) is 22.8 Å². The molecule has 0 fully saturated rings. The van der Waals surface area contributed by atoms with E-state index in [1.807, 2.05) is 0 Å².